The summed E-state index contributed by atoms with van der Waals surface area (Å²) in [6.07, 6.45) is 3.34. The van der Waals surface area contributed by atoms with Gasteiger partial charge in [0.25, 0.3) is 0 Å². The lowest BCUT2D eigenvalue weighted by Crippen LogP contribution is -2.35. The molecular formula is C16H24N2O2. The Morgan fingerprint density at radius 3 is 3.05 bits per heavy atom. The maximum atomic E-state index is 12.4. The first kappa shape index (κ1) is 14.9. The molecule has 1 aliphatic heterocycles. The third-order valence-electron chi connectivity index (χ3n) is 4.01. The van der Waals surface area contributed by atoms with Crippen molar-refractivity contribution in [2.24, 2.45) is 5.73 Å². The molecule has 1 aromatic carbocycles. The van der Waals surface area contributed by atoms with Gasteiger partial charge in [-0.3, -0.25) is 4.79 Å². The maximum absolute atomic E-state index is 12.4. The van der Waals surface area contributed by atoms with Crippen LogP contribution in [-0.4, -0.2) is 30.5 Å². The molecule has 1 saturated heterocycles. The van der Waals surface area contributed by atoms with Crippen LogP contribution in [0.5, 0.6) is 5.75 Å². The van der Waals surface area contributed by atoms with Gasteiger partial charge >= 0.3 is 0 Å². The largest absolute Gasteiger partial charge is 0.497 e. The van der Waals surface area contributed by atoms with Crippen LogP contribution < -0.4 is 10.5 Å². The Kier molecular flexibility index (Phi) is 5.01. The van der Waals surface area contributed by atoms with Gasteiger partial charge in [-0.1, -0.05) is 19.1 Å². The van der Waals surface area contributed by atoms with Crippen LogP contribution in [0, 0.1) is 0 Å². The topological polar surface area (TPSA) is 55.6 Å². The minimum Gasteiger partial charge on any atom is -0.497 e. The van der Waals surface area contributed by atoms with Gasteiger partial charge in [-0.05, 0) is 37.0 Å². The summed E-state index contributed by atoms with van der Waals surface area (Å²) in [5, 5.41) is 0. The van der Waals surface area contributed by atoms with Crippen LogP contribution in [0.4, 0.5) is 0 Å². The van der Waals surface area contributed by atoms with Crippen molar-refractivity contribution in [2.75, 3.05) is 13.7 Å². The molecule has 4 heteroatoms. The number of hydrogen-bond donors (Lipinski definition) is 1. The Hall–Kier alpha value is -1.55. The lowest BCUT2D eigenvalue weighted by Gasteiger charge is -2.26. The number of hydrogen-bond acceptors (Lipinski definition) is 3. The molecule has 110 valence electrons. The number of carbonyl (C=O) groups excluding carboxylic acids is 1. The Morgan fingerprint density at radius 1 is 1.55 bits per heavy atom. The predicted molar refractivity (Wildman–Crippen MR) is 79.6 cm³/mol. The van der Waals surface area contributed by atoms with Crippen molar-refractivity contribution >= 4 is 5.91 Å². The minimum absolute atomic E-state index is 0.0333. The highest BCUT2D eigenvalue weighted by Crippen LogP contribution is 2.33. The summed E-state index contributed by atoms with van der Waals surface area (Å²) in [5.41, 5.74) is 7.06. The number of nitrogens with zero attached hydrogens (tertiary/aromatic N) is 1. The number of rotatable bonds is 5. The third-order valence-corrected chi connectivity index (χ3v) is 4.01. The fraction of sp³-hybridized carbons (Fsp3) is 0.562. The third kappa shape index (κ3) is 3.31. The monoisotopic (exact) mass is 276 g/mol. The molecule has 2 N–H and O–H groups in total. The van der Waals surface area contributed by atoms with Crippen molar-refractivity contribution in [3.63, 3.8) is 0 Å². The summed E-state index contributed by atoms with van der Waals surface area (Å²) in [4.78, 5) is 14.3. The van der Waals surface area contributed by atoms with E-state index >= 15 is 0 Å². The van der Waals surface area contributed by atoms with Crippen LogP contribution in [0.2, 0.25) is 0 Å². The van der Waals surface area contributed by atoms with Crippen LogP contribution in [0.1, 0.15) is 44.2 Å². The first-order chi connectivity index (χ1) is 9.65. The Morgan fingerprint density at radius 2 is 2.35 bits per heavy atom. The first-order valence-electron chi connectivity index (χ1n) is 7.34. The zero-order valence-corrected chi connectivity index (χ0v) is 12.3. The Labute approximate surface area is 120 Å². The molecule has 0 aliphatic carbocycles. The van der Waals surface area contributed by atoms with E-state index in [4.69, 9.17) is 10.5 Å². The number of carbonyl (C=O) groups is 1. The second-order valence-corrected chi connectivity index (χ2v) is 5.39. The van der Waals surface area contributed by atoms with Gasteiger partial charge in [0.05, 0.1) is 13.2 Å². The van der Waals surface area contributed by atoms with Crippen LogP contribution >= 0.6 is 0 Å². The van der Waals surface area contributed by atoms with Crippen molar-refractivity contribution in [1.29, 1.82) is 0 Å². The van der Waals surface area contributed by atoms with E-state index in [1.54, 1.807) is 7.11 Å². The molecular weight excluding hydrogens is 252 g/mol. The fourth-order valence-corrected chi connectivity index (χ4v) is 2.75. The van der Waals surface area contributed by atoms with E-state index in [1.165, 1.54) is 0 Å². The van der Waals surface area contributed by atoms with E-state index in [0.29, 0.717) is 6.42 Å². The van der Waals surface area contributed by atoms with Gasteiger partial charge in [0, 0.05) is 19.0 Å². The molecule has 1 amide bonds. The molecule has 0 saturated carbocycles. The number of methoxy groups -OCH3 is 1. The number of benzene rings is 1. The molecule has 0 aromatic heterocycles. The smallest absolute Gasteiger partial charge is 0.224 e. The SMILES string of the molecule is CCC(N)CC(=O)N1CCCC1c1cccc(OC)c1. The first-order valence-corrected chi connectivity index (χ1v) is 7.34. The molecule has 2 atom stereocenters. The van der Waals surface area contributed by atoms with Gasteiger partial charge in [-0.2, -0.15) is 0 Å². The molecule has 0 spiro atoms. The molecule has 0 radical (unpaired) electrons. The van der Waals surface area contributed by atoms with Crippen LogP contribution in [-0.2, 0) is 4.79 Å². The van der Waals surface area contributed by atoms with Gasteiger partial charge in [-0.25, -0.2) is 0 Å². The zero-order chi connectivity index (χ0) is 14.5. The van der Waals surface area contributed by atoms with E-state index in [-0.39, 0.29) is 18.0 Å². The standard InChI is InChI=1S/C16H24N2O2/c1-3-13(17)11-16(19)18-9-5-8-15(18)12-6-4-7-14(10-12)20-2/h4,6-7,10,13,15H,3,5,8-9,11,17H2,1-2H3. The highest BCUT2D eigenvalue weighted by Gasteiger charge is 2.30. The van der Waals surface area contributed by atoms with E-state index in [0.717, 1.165) is 37.1 Å². The molecule has 1 aromatic rings. The quantitative estimate of drug-likeness (QED) is 0.899. The summed E-state index contributed by atoms with van der Waals surface area (Å²) in [6.45, 7) is 2.85. The number of likely N-dealkylation sites (tertiary alicyclic amines) is 1. The van der Waals surface area contributed by atoms with Gasteiger partial charge in [-0.15, -0.1) is 0 Å². The summed E-state index contributed by atoms with van der Waals surface area (Å²) in [5.74, 6) is 1.01. The molecule has 1 aliphatic rings. The lowest BCUT2D eigenvalue weighted by molar-refractivity contribution is -0.132. The maximum Gasteiger partial charge on any atom is 0.224 e. The second-order valence-electron chi connectivity index (χ2n) is 5.39. The van der Waals surface area contributed by atoms with Gasteiger partial charge in [0.1, 0.15) is 5.75 Å². The lowest BCUT2D eigenvalue weighted by atomic mass is 10.0. The highest BCUT2D eigenvalue weighted by molar-refractivity contribution is 5.77. The average Bonchev–Trinajstić information content (AvgIpc) is 2.96. The van der Waals surface area contributed by atoms with Crippen molar-refractivity contribution < 1.29 is 9.53 Å². The minimum atomic E-state index is -0.0333. The molecule has 4 nitrogen and oxygen atoms in total. The summed E-state index contributed by atoms with van der Waals surface area (Å²) < 4.78 is 5.27. The number of nitrogens with two attached hydrogens (primary N) is 1. The molecule has 1 fully saturated rings. The predicted octanol–water partition coefficient (Wildman–Crippen LogP) is 2.49. The van der Waals surface area contributed by atoms with E-state index < -0.39 is 0 Å². The van der Waals surface area contributed by atoms with Crippen molar-refractivity contribution in [2.45, 2.75) is 44.7 Å². The molecule has 2 rings (SSSR count). The normalized spacial score (nSPS) is 19.9. The zero-order valence-electron chi connectivity index (χ0n) is 12.3. The Bertz CT molecular complexity index is 462. The summed E-state index contributed by atoms with van der Waals surface area (Å²) in [7, 11) is 1.66. The van der Waals surface area contributed by atoms with Crippen molar-refractivity contribution in [3.8, 4) is 5.75 Å². The highest BCUT2D eigenvalue weighted by atomic mass is 16.5. The van der Waals surface area contributed by atoms with E-state index in [2.05, 4.69) is 6.07 Å². The van der Waals surface area contributed by atoms with Gasteiger partial charge in [0.15, 0.2) is 0 Å². The number of amides is 1. The van der Waals surface area contributed by atoms with Crippen LogP contribution in [0.15, 0.2) is 24.3 Å². The Balaban J connectivity index is 2.12. The fourth-order valence-electron chi connectivity index (χ4n) is 2.75. The summed E-state index contributed by atoms with van der Waals surface area (Å²) in [6, 6.07) is 8.13. The van der Waals surface area contributed by atoms with Gasteiger partial charge < -0.3 is 15.4 Å². The number of ether oxygens (including phenoxy) is 1. The van der Waals surface area contributed by atoms with Crippen molar-refractivity contribution in [3.05, 3.63) is 29.8 Å². The van der Waals surface area contributed by atoms with Gasteiger partial charge in [0.2, 0.25) is 5.91 Å². The van der Waals surface area contributed by atoms with Crippen LogP contribution in [0.3, 0.4) is 0 Å². The summed E-state index contributed by atoms with van der Waals surface area (Å²) >= 11 is 0. The molecule has 1 heterocycles. The van der Waals surface area contributed by atoms with Crippen LogP contribution in [0.25, 0.3) is 0 Å². The van der Waals surface area contributed by atoms with E-state index in [1.807, 2.05) is 30.0 Å². The van der Waals surface area contributed by atoms with Crippen molar-refractivity contribution in [1.82, 2.24) is 4.90 Å². The van der Waals surface area contributed by atoms with E-state index in [9.17, 15) is 4.79 Å². The molecule has 0 bridgehead atoms. The molecule has 2 unspecified atom stereocenters. The average molecular weight is 276 g/mol. The second kappa shape index (κ2) is 6.75. The molecule has 20 heavy (non-hydrogen) atoms.